The number of hydrogen-bond acceptors (Lipinski definition) is 3. The van der Waals surface area contributed by atoms with E-state index in [2.05, 4.69) is 25.0 Å². The Balaban J connectivity index is 2.40. The molecule has 0 spiro atoms. The van der Waals surface area contributed by atoms with Gasteiger partial charge in [-0.3, -0.25) is 0 Å². The number of nitrogens with zero attached hydrogens (tertiary/aromatic N) is 2. The molecule has 0 radical (unpaired) electrons. The lowest BCUT2D eigenvalue weighted by Gasteiger charge is -2.05. The molecule has 1 aromatic heterocycles. The summed E-state index contributed by atoms with van der Waals surface area (Å²) in [7, 11) is 0. The molecule has 100 valence electrons. The van der Waals surface area contributed by atoms with Gasteiger partial charge < -0.3 is 0 Å². The number of benzene rings is 2. The van der Waals surface area contributed by atoms with Gasteiger partial charge in [-0.25, -0.2) is 4.79 Å². The summed E-state index contributed by atoms with van der Waals surface area (Å²) < 4.78 is 2.46. The predicted molar refractivity (Wildman–Crippen MR) is 81.6 cm³/mol. The van der Waals surface area contributed by atoms with E-state index >= 15 is 0 Å². The summed E-state index contributed by atoms with van der Waals surface area (Å²) in [5.41, 5.74) is 5.16. The fourth-order valence-electron chi connectivity index (χ4n) is 2.30. The molecule has 20 heavy (non-hydrogen) atoms. The van der Waals surface area contributed by atoms with Gasteiger partial charge in [-0.2, -0.15) is 0 Å². The topological polar surface area (TPSA) is 33.8 Å². The zero-order valence-electron chi connectivity index (χ0n) is 11.7. The first-order valence-electron chi connectivity index (χ1n) is 6.47. The Morgan fingerprint density at radius 1 is 1.05 bits per heavy atom. The standard InChI is InChI=1S/C16H15N2OS/c1-10-9-11(2)15-14(12(10)3)17-18(16(19)20-15)13-7-5-4-6-8-13/h4-9H,1-3H3/q+1. The maximum absolute atomic E-state index is 12.3. The molecule has 0 bridgehead atoms. The van der Waals surface area contributed by atoms with Crippen LogP contribution in [0.3, 0.4) is 0 Å². The van der Waals surface area contributed by atoms with Gasteiger partial charge in [0, 0.05) is 21.9 Å². The van der Waals surface area contributed by atoms with Gasteiger partial charge in [0.1, 0.15) is 0 Å². The maximum Gasteiger partial charge on any atom is 0.504 e. The van der Waals surface area contributed by atoms with Crippen LogP contribution in [0, 0.1) is 20.8 Å². The summed E-state index contributed by atoms with van der Waals surface area (Å²) in [6.07, 6.45) is 0. The molecule has 0 aliphatic rings. The van der Waals surface area contributed by atoms with Crippen LogP contribution in [-0.4, -0.2) is 5.10 Å². The van der Waals surface area contributed by atoms with Crippen molar-refractivity contribution in [2.75, 3.05) is 0 Å². The molecular formula is C16H15N2OS+. The van der Waals surface area contributed by atoms with Crippen LogP contribution in [0.4, 0.5) is 0 Å². The highest BCUT2D eigenvalue weighted by molar-refractivity contribution is 7.15. The van der Waals surface area contributed by atoms with Crippen LogP contribution in [0.25, 0.3) is 15.9 Å². The second-order valence-corrected chi connectivity index (χ2v) is 5.89. The van der Waals surface area contributed by atoms with Crippen molar-refractivity contribution < 1.29 is 4.68 Å². The van der Waals surface area contributed by atoms with Crippen molar-refractivity contribution in [3.63, 3.8) is 0 Å². The van der Waals surface area contributed by atoms with Gasteiger partial charge in [0.05, 0.1) is 4.70 Å². The van der Waals surface area contributed by atoms with E-state index in [1.807, 2.05) is 37.3 Å². The van der Waals surface area contributed by atoms with E-state index in [-0.39, 0.29) is 4.87 Å². The van der Waals surface area contributed by atoms with E-state index in [4.69, 9.17) is 0 Å². The highest BCUT2D eigenvalue weighted by atomic mass is 32.1. The molecule has 0 amide bonds. The SMILES string of the molecule is Cc1cc(C)c2sc(=O)[n+](-c3ccccc3)nc2c1C. The van der Waals surface area contributed by atoms with Gasteiger partial charge in [0.25, 0.3) is 0 Å². The molecule has 0 saturated heterocycles. The minimum atomic E-state index is -0.0601. The largest absolute Gasteiger partial charge is 0.504 e. The molecule has 0 atom stereocenters. The van der Waals surface area contributed by atoms with E-state index in [0.29, 0.717) is 0 Å². The lowest BCUT2D eigenvalue weighted by Crippen LogP contribution is -2.49. The van der Waals surface area contributed by atoms with E-state index in [0.717, 1.165) is 27.0 Å². The van der Waals surface area contributed by atoms with Crippen molar-refractivity contribution >= 4 is 21.6 Å². The highest BCUT2D eigenvalue weighted by Gasteiger charge is 2.18. The van der Waals surface area contributed by atoms with Gasteiger partial charge in [-0.1, -0.05) is 24.3 Å². The normalized spacial score (nSPS) is 10.9. The Labute approximate surface area is 121 Å². The van der Waals surface area contributed by atoms with E-state index < -0.39 is 0 Å². The number of aryl methyl sites for hydroxylation is 3. The van der Waals surface area contributed by atoms with Gasteiger partial charge in [-0.15, -0.1) is 0 Å². The lowest BCUT2D eigenvalue weighted by atomic mass is 10.1. The van der Waals surface area contributed by atoms with E-state index in [1.54, 1.807) is 0 Å². The second-order valence-electron chi connectivity index (χ2n) is 4.93. The second kappa shape index (κ2) is 4.80. The summed E-state index contributed by atoms with van der Waals surface area (Å²) in [4.78, 5) is 12.2. The molecule has 1 heterocycles. The van der Waals surface area contributed by atoms with Crippen LogP contribution < -0.4 is 9.55 Å². The summed E-state index contributed by atoms with van der Waals surface area (Å²) in [6.45, 7) is 6.15. The van der Waals surface area contributed by atoms with Crippen LogP contribution in [0.5, 0.6) is 0 Å². The number of hydrogen-bond donors (Lipinski definition) is 0. The van der Waals surface area contributed by atoms with Crippen molar-refractivity contribution in [3.8, 4) is 5.69 Å². The van der Waals surface area contributed by atoms with Crippen LogP contribution in [0.2, 0.25) is 0 Å². The zero-order chi connectivity index (χ0) is 14.3. The van der Waals surface area contributed by atoms with Crippen LogP contribution >= 0.6 is 11.3 Å². The molecule has 4 heteroatoms. The van der Waals surface area contributed by atoms with Crippen molar-refractivity contribution in [2.24, 2.45) is 0 Å². The van der Waals surface area contributed by atoms with Crippen LogP contribution in [0.15, 0.2) is 41.2 Å². The Hall–Kier alpha value is -2.07. The molecule has 0 saturated carbocycles. The Kier molecular flexibility index (Phi) is 3.10. The monoisotopic (exact) mass is 283 g/mol. The van der Waals surface area contributed by atoms with Crippen molar-refractivity contribution in [1.29, 1.82) is 0 Å². The smallest absolute Gasteiger partial charge is 0.200 e. The van der Waals surface area contributed by atoms with Gasteiger partial charge in [0.15, 0.2) is 5.52 Å². The molecule has 3 rings (SSSR count). The highest BCUT2D eigenvalue weighted by Crippen LogP contribution is 2.24. The number of rotatable bonds is 1. The summed E-state index contributed by atoms with van der Waals surface area (Å²) in [5.74, 6) is 0. The molecule has 0 aliphatic carbocycles. The molecular weight excluding hydrogens is 268 g/mol. The third-order valence-electron chi connectivity index (χ3n) is 3.52. The molecule has 2 aromatic carbocycles. The molecule has 0 unspecified atom stereocenters. The van der Waals surface area contributed by atoms with Crippen molar-refractivity contribution in [3.05, 3.63) is 62.8 Å². The van der Waals surface area contributed by atoms with E-state index in [1.165, 1.54) is 21.6 Å². The van der Waals surface area contributed by atoms with Crippen LogP contribution in [-0.2, 0) is 0 Å². The molecule has 0 fully saturated rings. The summed E-state index contributed by atoms with van der Waals surface area (Å²) >= 11 is 1.26. The Morgan fingerprint density at radius 2 is 1.75 bits per heavy atom. The van der Waals surface area contributed by atoms with Gasteiger partial charge >= 0.3 is 4.87 Å². The maximum atomic E-state index is 12.3. The first kappa shape index (κ1) is 12.9. The number of aromatic nitrogens is 2. The number of para-hydroxylation sites is 1. The third-order valence-corrected chi connectivity index (χ3v) is 4.58. The average molecular weight is 283 g/mol. The molecule has 3 nitrogen and oxygen atoms in total. The van der Waals surface area contributed by atoms with Crippen molar-refractivity contribution in [1.82, 2.24) is 5.10 Å². The summed E-state index contributed by atoms with van der Waals surface area (Å²) in [5, 5.41) is 4.58. The number of fused-ring (bicyclic) bond motifs is 1. The van der Waals surface area contributed by atoms with Gasteiger partial charge in [-0.05, 0) is 48.8 Å². The quantitative estimate of drug-likeness (QED) is 0.644. The molecule has 3 aromatic rings. The van der Waals surface area contributed by atoms with Crippen LogP contribution in [0.1, 0.15) is 16.7 Å². The Morgan fingerprint density at radius 3 is 2.45 bits per heavy atom. The first-order chi connectivity index (χ1) is 9.58. The third kappa shape index (κ3) is 2.02. The lowest BCUT2D eigenvalue weighted by molar-refractivity contribution is -0.667. The minimum absolute atomic E-state index is 0.0601. The first-order valence-corrected chi connectivity index (χ1v) is 7.29. The minimum Gasteiger partial charge on any atom is -0.200 e. The zero-order valence-corrected chi connectivity index (χ0v) is 12.5. The van der Waals surface area contributed by atoms with Gasteiger partial charge in [0.2, 0.25) is 5.69 Å². The summed E-state index contributed by atoms with van der Waals surface area (Å²) in [6, 6.07) is 11.6. The molecule has 0 N–H and O–H groups in total. The average Bonchev–Trinajstić information content (AvgIpc) is 2.45. The molecule has 0 aliphatic heterocycles. The van der Waals surface area contributed by atoms with E-state index in [9.17, 15) is 4.79 Å². The fourth-order valence-corrected chi connectivity index (χ4v) is 3.21. The predicted octanol–water partition coefficient (Wildman–Crippen LogP) is 2.86. The fraction of sp³-hybridized carbons (Fsp3) is 0.188. The van der Waals surface area contributed by atoms with Crippen molar-refractivity contribution in [2.45, 2.75) is 20.8 Å². The Bertz CT molecular complexity index is 854.